The molecule has 1 aromatic heterocycles. The summed E-state index contributed by atoms with van der Waals surface area (Å²) in [5.74, 6) is 0.649. The van der Waals surface area contributed by atoms with E-state index in [1.807, 2.05) is 19.1 Å². The average molecular weight is 376 g/mol. The van der Waals surface area contributed by atoms with Crippen molar-refractivity contribution in [1.82, 2.24) is 0 Å². The fourth-order valence-corrected chi connectivity index (χ4v) is 2.55. The molecule has 2 aromatic rings. The maximum absolute atomic E-state index is 10.4. The molecule has 96 valence electrons. The van der Waals surface area contributed by atoms with Crippen LogP contribution in [0.5, 0.6) is 5.75 Å². The molecule has 0 saturated carbocycles. The average Bonchev–Trinajstić information content (AvgIpc) is 2.77. The van der Waals surface area contributed by atoms with Crippen LogP contribution in [0.4, 0.5) is 0 Å². The molecule has 0 amide bonds. The summed E-state index contributed by atoms with van der Waals surface area (Å²) in [6.07, 6.45) is 0.725. The molecule has 18 heavy (non-hydrogen) atoms. The van der Waals surface area contributed by atoms with Crippen LogP contribution < -0.4 is 4.74 Å². The third kappa shape index (κ3) is 2.48. The Morgan fingerprint density at radius 3 is 2.56 bits per heavy atom. The van der Waals surface area contributed by atoms with Crippen LogP contribution in [0.1, 0.15) is 22.8 Å². The predicted molar refractivity (Wildman–Crippen MR) is 75.9 cm³/mol. The molecule has 3 nitrogen and oxygen atoms in total. The summed E-state index contributed by atoms with van der Waals surface area (Å²) in [6, 6.07) is 5.47. The Hall–Kier alpha value is -0.780. The van der Waals surface area contributed by atoms with Crippen LogP contribution >= 0.6 is 31.9 Å². The molecule has 0 aliphatic rings. The Labute approximate surface area is 122 Å². The lowest BCUT2D eigenvalue weighted by atomic mass is 10.0. The van der Waals surface area contributed by atoms with Gasteiger partial charge in [0, 0.05) is 15.6 Å². The molecule has 1 heterocycles. The zero-order valence-corrected chi connectivity index (χ0v) is 13.1. The van der Waals surface area contributed by atoms with Crippen molar-refractivity contribution in [2.24, 2.45) is 0 Å². The van der Waals surface area contributed by atoms with E-state index in [0.717, 1.165) is 10.0 Å². The summed E-state index contributed by atoms with van der Waals surface area (Å²) in [5.41, 5.74) is 2.41. The quantitative estimate of drug-likeness (QED) is 0.873. The number of aliphatic hydroxyl groups excluding tert-OH is 1. The lowest BCUT2D eigenvalue weighted by Crippen LogP contribution is -2.02. The first-order valence-corrected chi connectivity index (χ1v) is 6.88. The second-order valence-electron chi connectivity index (χ2n) is 3.90. The summed E-state index contributed by atoms with van der Waals surface area (Å²) in [6.45, 7) is 1.97. The second-order valence-corrected chi connectivity index (χ2v) is 5.47. The van der Waals surface area contributed by atoms with E-state index >= 15 is 0 Å². The van der Waals surface area contributed by atoms with E-state index in [1.165, 1.54) is 6.26 Å². The molecule has 0 radical (unpaired) electrons. The SMILES string of the molecule is COc1cc(C)c(Br)cc1C(O)c1ccoc1Br. The van der Waals surface area contributed by atoms with Gasteiger partial charge in [-0.1, -0.05) is 15.9 Å². The van der Waals surface area contributed by atoms with Crippen LogP contribution in [0, 0.1) is 6.92 Å². The van der Waals surface area contributed by atoms with E-state index in [1.54, 1.807) is 13.2 Å². The van der Waals surface area contributed by atoms with Crippen LogP contribution in [0.15, 0.2) is 38.0 Å². The molecule has 1 unspecified atom stereocenters. The molecule has 1 atom stereocenters. The highest BCUT2D eigenvalue weighted by atomic mass is 79.9. The largest absolute Gasteiger partial charge is 0.496 e. The van der Waals surface area contributed by atoms with Crippen molar-refractivity contribution in [3.63, 3.8) is 0 Å². The van der Waals surface area contributed by atoms with Gasteiger partial charge in [0.05, 0.1) is 13.4 Å². The van der Waals surface area contributed by atoms with Crippen molar-refractivity contribution < 1.29 is 14.3 Å². The van der Waals surface area contributed by atoms with E-state index in [0.29, 0.717) is 21.5 Å². The maximum Gasteiger partial charge on any atom is 0.175 e. The minimum Gasteiger partial charge on any atom is -0.496 e. The van der Waals surface area contributed by atoms with Crippen LogP contribution in [0.25, 0.3) is 0 Å². The van der Waals surface area contributed by atoms with Crippen LogP contribution in [0.3, 0.4) is 0 Å². The highest BCUT2D eigenvalue weighted by Crippen LogP contribution is 2.36. The number of furan rings is 1. The molecule has 0 aliphatic heterocycles. The third-order valence-electron chi connectivity index (χ3n) is 2.75. The molecular formula is C13H12Br2O3. The Morgan fingerprint density at radius 2 is 2.00 bits per heavy atom. The maximum atomic E-state index is 10.4. The van der Waals surface area contributed by atoms with E-state index in [-0.39, 0.29) is 0 Å². The molecule has 0 bridgehead atoms. The summed E-state index contributed by atoms with van der Waals surface area (Å²) in [7, 11) is 1.59. The van der Waals surface area contributed by atoms with Crippen molar-refractivity contribution in [2.45, 2.75) is 13.0 Å². The van der Waals surface area contributed by atoms with Gasteiger partial charge in [0.25, 0.3) is 0 Å². The number of benzene rings is 1. The Balaban J connectivity index is 2.50. The second kappa shape index (κ2) is 5.47. The van der Waals surface area contributed by atoms with Gasteiger partial charge in [-0.15, -0.1) is 0 Å². The van der Waals surface area contributed by atoms with Gasteiger partial charge in [0.15, 0.2) is 4.67 Å². The summed E-state index contributed by atoms with van der Waals surface area (Å²) < 4.78 is 11.9. The number of aryl methyl sites for hydroxylation is 1. The molecule has 0 saturated heterocycles. The van der Waals surface area contributed by atoms with Gasteiger partial charge in [-0.2, -0.15) is 0 Å². The van der Waals surface area contributed by atoms with Gasteiger partial charge in [0.1, 0.15) is 11.9 Å². The third-order valence-corrected chi connectivity index (χ3v) is 4.25. The highest BCUT2D eigenvalue weighted by molar-refractivity contribution is 9.10. The van der Waals surface area contributed by atoms with Crippen LogP contribution in [-0.2, 0) is 0 Å². The summed E-state index contributed by atoms with van der Waals surface area (Å²) >= 11 is 6.72. The highest BCUT2D eigenvalue weighted by Gasteiger charge is 2.20. The van der Waals surface area contributed by atoms with Crippen LogP contribution in [-0.4, -0.2) is 12.2 Å². The summed E-state index contributed by atoms with van der Waals surface area (Å²) in [5, 5.41) is 10.4. The number of halogens is 2. The Morgan fingerprint density at radius 1 is 1.28 bits per heavy atom. The van der Waals surface area contributed by atoms with Crippen molar-refractivity contribution >= 4 is 31.9 Å². The van der Waals surface area contributed by atoms with Gasteiger partial charge < -0.3 is 14.3 Å². The molecular weight excluding hydrogens is 364 g/mol. The molecule has 0 aliphatic carbocycles. The van der Waals surface area contributed by atoms with Crippen molar-refractivity contribution in [2.75, 3.05) is 7.11 Å². The predicted octanol–water partition coefficient (Wildman–Crippen LogP) is 4.20. The molecule has 1 N–H and O–H groups in total. The van der Waals surface area contributed by atoms with E-state index in [4.69, 9.17) is 9.15 Å². The number of rotatable bonds is 3. The molecule has 0 fully saturated rings. The number of ether oxygens (including phenoxy) is 1. The van der Waals surface area contributed by atoms with Gasteiger partial charge in [0.2, 0.25) is 0 Å². The van der Waals surface area contributed by atoms with E-state index in [9.17, 15) is 5.11 Å². The van der Waals surface area contributed by atoms with Gasteiger partial charge in [-0.05, 0) is 46.6 Å². The van der Waals surface area contributed by atoms with Gasteiger partial charge in [-0.3, -0.25) is 0 Å². The first-order valence-electron chi connectivity index (χ1n) is 5.29. The Kier molecular flexibility index (Phi) is 4.14. The fraction of sp³-hybridized carbons (Fsp3) is 0.231. The number of aliphatic hydroxyl groups is 1. The topological polar surface area (TPSA) is 42.6 Å². The monoisotopic (exact) mass is 374 g/mol. The lowest BCUT2D eigenvalue weighted by molar-refractivity contribution is 0.212. The molecule has 0 spiro atoms. The van der Waals surface area contributed by atoms with E-state index in [2.05, 4.69) is 31.9 Å². The van der Waals surface area contributed by atoms with Crippen LogP contribution in [0.2, 0.25) is 0 Å². The zero-order valence-electron chi connectivity index (χ0n) is 9.91. The minimum absolute atomic E-state index is 0.522. The smallest absolute Gasteiger partial charge is 0.175 e. The van der Waals surface area contributed by atoms with E-state index < -0.39 is 6.10 Å². The molecule has 1 aromatic carbocycles. The number of hydrogen-bond acceptors (Lipinski definition) is 3. The number of hydrogen-bond donors (Lipinski definition) is 1. The van der Waals surface area contributed by atoms with Crippen molar-refractivity contribution in [3.05, 3.63) is 50.3 Å². The zero-order chi connectivity index (χ0) is 13.3. The van der Waals surface area contributed by atoms with Crippen molar-refractivity contribution in [1.29, 1.82) is 0 Å². The minimum atomic E-state index is -0.801. The first-order chi connectivity index (χ1) is 8.54. The molecule has 5 heteroatoms. The number of methoxy groups -OCH3 is 1. The van der Waals surface area contributed by atoms with Crippen molar-refractivity contribution in [3.8, 4) is 5.75 Å². The molecule has 2 rings (SSSR count). The van der Waals surface area contributed by atoms with Gasteiger partial charge >= 0.3 is 0 Å². The fourth-order valence-electron chi connectivity index (χ4n) is 1.73. The first kappa shape index (κ1) is 13.6. The standard InChI is InChI=1S/C13H12Br2O3/c1-7-5-11(17-2)9(6-10(7)14)12(16)8-3-4-18-13(8)15/h3-6,12,16H,1-2H3. The Bertz CT molecular complexity index is 563. The lowest BCUT2D eigenvalue weighted by Gasteiger charge is -2.15. The summed E-state index contributed by atoms with van der Waals surface area (Å²) in [4.78, 5) is 0. The normalized spacial score (nSPS) is 12.5. The van der Waals surface area contributed by atoms with Gasteiger partial charge in [-0.25, -0.2) is 0 Å².